The second kappa shape index (κ2) is 11.6. The first-order valence-corrected chi connectivity index (χ1v) is 11.0. The van der Waals surface area contributed by atoms with Gasteiger partial charge in [0.1, 0.15) is 6.10 Å². The molecule has 29 heavy (non-hydrogen) atoms. The number of esters is 3. The summed E-state index contributed by atoms with van der Waals surface area (Å²) in [6, 6.07) is 0. The van der Waals surface area contributed by atoms with Gasteiger partial charge in [-0.05, 0) is 20.3 Å². The largest absolute Gasteiger partial charge is 0.456 e. The van der Waals surface area contributed by atoms with Crippen LogP contribution in [0.1, 0.15) is 41.0 Å². The zero-order valence-electron chi connectivity index (χ0n) is 17.2. The van der Waals surface area contributed by atoms with E-state index in [1.165, 1.54) is 0 Å². The molecule has 1 aliphatic heterocycles. The van der Waals surface area contributed by atoms with Crippen molar-refractivity contribution in [3.8, 4) is 0 Å². The maximum Gasteiger partial charge on any atom is 0.330 e. The Balaban J connectivity index is 3.13. The quantitative estimate of drug-likeness (QED) is 0.297. The Hall–Kier alpha value is -1.52. The van der Waals surface area contributed by atoms with Gasteiger partial charge in [-0.15, -0.1) is 0 Å². The van der Waals surface area contributed by atoms with Crippen molar-refractivity contribution in [2.75, 3.05) is 19.4 Å². The highest BCUT2D eigenvalue weighted by Gasteiger charge is 2.51. The summed E-state index contributed by atoms with van der Waals surface area (Å²) < 4.78 is 44.1. The summed E-state index contributed by atoms with van der Waals surface area (Å²) in [6.45, 7) is 6.99. The summed E-state index contributed by atoms with van der Waals surface area (Å²) in [4.78, 5) is 34.6. The number of ether oxygens (including phenoxy) is 4. The highest BCUT2D eigenvalue weighted by molar-refractivity contribution is 7.53. The topological polar surface area (TPSA) is 144 Å². The second-order valence-electron chi connectivity index (χ2n) is 6.25. The van der Waals surface area contributed by atoms with Gasteiger partial charge in [0.25, 0.3) is 0 Å². The van der Waals surface area contributed by atoms with Crippen LogP contribution in [0.5, 0.6) is 0 Å². The van der Waals surface area contributed by atoms with Gasteiger partial charge < -0.3 is 33.1 Å². The van der Waals surface area contributed by atoms with Crippen molar-refractivity contribution in [3.05, 3.63) is 0 Å². The minimum atomic E-state index is -3.45. The molecule has 0 aromatic carbocycles. The van der Waals surface area contributed by atoms with E-state index in [1.807, 2.05) is 0 Å². The summed E-state index contributed by atoms with van der Waals surface area (Å²) in [5.41, 5.74) is 0. The van der Waals surface area contributed by atoms with E-state index in [4.69, 9.17) is 28.0 Å². The van der Waals surface area contributed by atoms with E-state index in [0.717, 1.165) is 20.8 Å². The molecule has 1 N–H and O–H groups in total. The van der Waals surface area contributed by atoms with Crippen LogP contribution in [-0.2, 0) is 46.9 Å². The van der Waals surface area contributed by atoms with Gasteiger partial charge in [0.15, 0.2) is 24.6 Å². The standard InChI is InChI=1S/C17H29O11P/c1-6-23-29(22,24-7-2)9-8-13-14(25-10(3)18)15(26-11(4)19)16(17(21)28-13)27-12(5)20/h13-17,21H,6-9H2,1-5H3/t13-,14-,15+,16+,17+/m1/s1. The molecule has 0 unspecified atom stereocenters. The number of aliphatic hydroxyl groups excluding tert-OH is 1. The maximum atomic E-state index is 12.7. The lowest BCUT2D eigenvalue weighted by atomic mass is 9.96. The van der Waals surface area contributed by atoms with E-state index in [-0.39, 0.29) is 25.8 Å². The van der Waals surface area contributed by atoms with Crippen molar-refractivity contribution >= 4 is 25.5 Å². The number of carbonyl (C=O) groups is 3. The number of aliphatic hydroxyl groups is 1. The summed E-state index contributed by atoms with van der Waals surface area (Å²) in [5.74, 6) is -2.21. The minimum absolute atomic E-state index is 0.0170. The van der Waals surface area contributed by atoms with Gasteiger partial charge in [-0.3, -0.25) is 18.9 Å². The molecule has 0 radical (unpaired) electrons. The van der Waals surface area contributed by atoms with Crippen LogP contribution in [0.3, 0.4) is 0 Å². The summed E-state index contributed by atoms with van der Waals surface area (Å²) in [5, 5.41) is 10.3. The van der Waals surface area contributed by atoms with Crippen molar-refractivity contribution in [2.24, 2.45) is 0 Å². The summed E-state index contributed by atoms with van der Waals surface area (Å²) >= 11 is 0. The third kappa shape index (κ3) is 8.02. The summed E-state index contributed by atoms with van der Waals surface area (Å²) in [7, 11) is -3.45. The third-order valence-corrected chi connectivity index (χ3v) is 5.96. The predicted octanol–water partition coefficient (Wildman–Crippen LogP) is 1.15. The lowest BCUT2D eigenvalue weighted by molar-refractivity contribution is -0.291. The van der Waals surface area contributed by atoms with Crippen LogP contribution in [0.2, 0.25) is 0 Å². The van der Waals surface area contributed by atoms with E-state index in [9.17, 15) is 24.1 Å². The molecule has 1 saturated heterocycles. The van der Waals surface area contributed by atoms with Crippen LogP contribution in [0.25, 0.3) is 0 Å². The molecule has 1 fully saturated rings. The Morgan fingerprint density at radius 2 is 1.31 bits per heavy atom. The lowest BCUT2D eigenvalue weighted by Crippen LogP contribution is -2.61. The minimum Gasteiger partial charge on any atom is -0.456 e. The first-order chi connectivity index (χ1) is 13.5. The second-order valence-corrected chi connectivity index (χ2v) is 8.43. The highest BCUT2D eigenvalue weighted by atomic mass is 31.2. The van der Waals surface area contributed by atoms with Crippen molar-refractivity contribution in [3.63, 3.8) is 0 Å². The lowest BCUT2D eigenvalue weighted by Gasteiger charge is -2.43. The number of hydrogen-bond acceptors (Lipinski definition) is 11. The SMILES string of the molecule is CCOP(=O)(CC[C@H]1O[C@H](O)[C@@H](OC(C)=O)[C@@H](OC(C)=O)[C@@H]1OC(C)=O)OCC. The zero-order valence-corrected chi connectivity index (χ0v) is 18.1. The van der Waals surface area contributed by atoms with Gasteiger partial charge in [0, 0.05) is 20.8 Å². The molecular weight excluding hydrogens is 411 g/mol. The van der Waals surface area contributed by atoms with Crippen LogP contribution >= 0.6 is 7.60 Å². The normalized spacial score (nSPS) is 27.2. The van der Waals surface area contributed by atoms with E-state index in [1.54, 1.807) is 13.8 Å². The van der Waals surface area contributed by atoms with Crippen molar-refractivity contribution in [1.82, 2.24) is 0 Å². The van der Waals surface area contributed by atoms with Gasteiger partial charge in [-0.25, -0.2) is 0 Å². The van der Waals surface area contributed by atoms with Crippen LogP contribution in [0.4, 0.5) is 0 Å². The number of rotatable bonds is 10. The molecule has 1 rings (SSSR count). The molecule has 12 heteroatoms. The maximum absolute atomic E-state index is 12.7. The Labute approximate surface area is 169 Å². The molecule has 0 bridgehead atoms. The van der Waals surface area contributed by atoms with Gasteiger partial charge >= 0.3 is 25.5 Å². The highest BCUT2D eigenvalue weighted by Crippen LogP contribution is 2.49. The van der Waals surface area contributed by atoms with Gasteiger partial charge in [0.2, 0.25) is 0 Å². The molecular formula is C17H29O11P. The van der Waals surface area contributed by atoms with Crippen molar-refractivity contribution < 1.29 is 52.1 Å². The fraction of sp³-hybridized carbons (Fsp3) is 0.824. The Kier molecular flexibility index (Phi) is 10.2. The van der Waals surface area contributed by atoms with Crippen LogP contribution < -0.4 is 0 Å². The number of carbonyl (C=O) groups excluding carboxylic acids is 3. The molecule has 0 amide bonds. The molecule has 168 valence electrons. The molecule has 0 saturated carbocycles. The van der Waals surface area contributed by atoms with Crippen LogP contribution in [0.15, 0.2) is 0 Å². The van der Waals surface area contributed by atoms with E-state index < -0.39 is 56.2 Å². The first kappa shape index (κ1) is 25.5. The molecule has 5 atom stereocenters. The molecule has 11 nitrogen and oxygen atoms in total. The molecule has 1 heterocycles. The monoisotopic (exact) mass is 440 g/mol. The molecule has 0 aromatic heterocycles. The molecule has 0 aromatic rings. The van der Waals surface area contributed by atoms with E-state index in [0.29, 0.717) is 0 Å². The molecule has 0 spiro atoms. The fourth-order valence-corrected chi connectivity index (χ4v) is 4.64. The molecule has 1 aliphatic rings. The Morgan fingerprint density at radius 1 is 0.862 bits per heavy atom. The van der Waals surface area contributed by atoms with E-state index >= 15 is 0 Å². The molecule has 0 aliphatic carbocycles. The Morgan fingerprint density at radius 3 is 1.76 bits per heavy atom. The van der Waals surface area contributed by atoms with E-state index in [2.05, 4.69) is 0 Å². The predicted molar refractivity (Wildman–Crippen MR) is 97.9 cm³/mol. The fourth-order valence-electron chi connectivity index (χ4n) is 2.95. The third-order valence-electron chi connectivity index (χ3n) is 3.85. The Bertz CT molecular complexity index is 613. The van der Waals surface area contributed by atoms with Crippen LogP contribution in [-0.4, -0.2) is 73.1 Å². The van der Waals surface area contributed by atoms with Crippen molar-refractivity contribution in [1.29, 1.82) is 0 Å². The van der Waals surface area contributed by atoms with Gasteiger partial charge in [-0.1, -0.05) is 0 Å². The average molecular weight is 440 g/mol. The smallest absolute Gasteiger partial charge is 0.330 e. The summed E-state index contributed by atoms with van der Waals surface area (Å²) in [6.07, 6.45) is -6.78. The average Bonchev–Trinajstić information content (AvgIpc) is 2.58. The number of hydrogen-bond donors (Lipinski definition) is 1. The van der Waals surface area contributed by atoms with Gasteiger partial charge in [-0.2, -0.15) is 0 Å². The zero-order chi connectivity index (χ0) is 22.2. The first-order valence-electron chi connectivity index (χ1n) is 9.26. The van der Waals surface area contributed by atoms with Crippen molar-refractivity contribution in [2.45, 2.75) is 71.7 Å². The van der Waals surface area contributed by atoms with Crippen LogP contribution in [0, 0.1) is 0 Å². The van der Waals surface area contributed by atoms with Gasteiger partial charge in [0.05, 0.1) is 19.4 Å².